The van der Waals surface area contributed by atoms with Gasteiger partial charge < -0.3 is 9.15 Å². The number of carbonyl (C=O) groups is 1. The molecule has 2 atom stereocenters. The molecule has 0 saturated heterocycles. The summed E-state index contributed by atoms with van der Waals surface area (Å²) in [6.45, 7) is 5.14. The van der Waals surface area contributed by atoms with Crippen LogP contribution < -0.4 is 0 Å². The summed E-state index contributed by atoms with van der Waals surface area (Å²) in [5, 5.41) is 20.3. The lowest BCUT2D eigenvalue weighted by atomic mass is 9.79. The molecular formula is C15H15N3O5. The Hall–Kier alpha value is -2.95. The first kappa shape index (κ1) is 16.4. The van der Waals surface area contributed by atoms with Crippen molar-refractivity contribution in [2.24, 2.45) is 10.9 Å². The van der Waals surface area contributed by atoms with Crippen molar-refractivity contribution in [3.63, 3.8) is 0 Å². The zero-order valence-electron chi connectivity index (χ0n) is 12.9. The highest BCUT2D eigenvalue weighted by atomic mass is 16.6. The zero-order chi connectivity index (χ0) is 17.1. The third-order valence-corrected chi connectivity index (χ3v) is 3.56. The number of nitriles is 1. The Labute approximate surface area is 132 Å². The van der Waals surface area contributed by atoms with E-state index in [1.165, 1.54) is 12.1 Å². The number of ether oxygens (including phenoxy) is 1. The highest BCUT2D eigenvalue weighted by molar-refractivity contribution is 5.98. The number of hydrogen-bond acceptors (Lipinski definition) is 7. The van der Waals surface area contributed by atoms with Crippen molar-refractivity contribution in [2.45, 2.75) is 26.7 Å². The van der Waals surface area contributed by atoms with E-state index in [0.717, 1.165) is 0 Å². The second-order valence-corrected chi connectivity index (χ2v) is 4.99. The minimum atomic E-state index is -0.787. The Morgan fingerprint density at radius 1 is 1.52 bits per heavy atom. The van der Waals surface area contributed by atoms with Gasteiger partial charge in [-0.15, -0.1) is 0 Å². The molecule has 0 saturated carbocycles. The van der Waals surface area contributed by atoms with Gasteiger partial charge in [0.15, 0.2) is 0 Å². The molecule has 0 fully saturated rings. The standard InChI is InChI=1S/C15H15N3O5/c1-4-22-15(19)13-9(3)17-8(2)10(7-16)14(13)11-5-6-12(23-11)18(20)21/h5-6,10,14H,4H2,1-3H3. The summed E-state index contributed by atoms with van der Waals surface area (Å²) in [7, 11) is 0. The molecule has 2 rings (SSSR count). The molecule has 0 spiro atoms. The number of esters is 1. The van der Waals surface area contributed by atoms with Crippen molar-refractivity contribution in [3.8, 4) is 6.07 Å². The second kappa shape index (κ2) is 6.44. The molecule has 0 bridgehead atoms. The number of allylic oxidation sites excluding steroid dienone is 1. The van der Waals surface area contributed by atoms with Gasteiger partial charge in [0.1, 0.15) is 10.7 Å². The summed E-state index contributed by atoms with van der Waals surface area (Å²) in [4.78, 5) is 26.6. The van der Waals surface area contributed by atoms with Crippen LogP contribution in [0.4, 0.5) is 5.88 Å². The fourth-order valence-electron chi connectivity index (χ4n) is 2.59. The van der Waals surface area contributed by atoms with E-state index < -0.39 is 28.6 Å². The zero-order valence-corrected chi connectivity index (χ0v) is 12.9. The minimum Gasteiger partial charge on any atom is -0.463 e. The van der Waals surface area contributed by atoms with Gasteiger partial charge in [0, 0.05) is 11.4 Å². The lowest BCUT2D eigenvalue weighted by Gasteiger charge is -2.26. The van der Waals surface area contributed by atoms with Crippen LogP contribution >= 0.6 is 0 Å². The van der Waals surface area contributed by atoms with Crippen LogP contribution in [0.15, 0.2) is 32.8 Å². The van der Waals surface area contributed by atoms with E-state index in [1.54, 1.807) is 20.8 Å². The molecule has 1 aliphatic heterocycles. The van der Waals surface area contributed by atoms with Crippen molar-refractivity contribution < 1.29 is 18.9 Å². The fourth-order valence-corrected chi connectivity index (χ4v) is 2.59. The maximum Gasteiger partial charge on any atom is 0.433 e. The van der Waals surface area contributed by atoms with Crippen LogP contribution in [0.2, 0.25) is 0 Å². The summed E-state index contributed by atoms with van der Waals surface area (Å²) in [5.74, 6) is -2.43. The lowest BCUT2D eigenvalue weighted by Crippen LogP contribution is -2.29. The smallest absolute Gasteiger partial charge is 0.433 e. The first-order valence-corrected chi connectivity index (χ1v) is 6.97. The molecule has 2 heterocycles. The number of nitrogens with zero attached hydrogens (tertiary/aromatic N) is 3. The Balaban J connectivity index is 2.57. The molecule has 0 aromatic carbocycles. The molecule has 120 valence electrons. The van der Waals surface area contributed by atoms with Crippen molar-refractivity contribution in [2.75, 3.05) is 6.61 Å². The van der Waals surface area contributed by atoms with Crippen molar-refractivity contribution in [1.82, 2.24) is 0 Å². The molecule has 0 N–H and O–H groups in total. The Bertz CT molecular complexity index is 753. The lowest BCUT2D eigenvalue weighted by molar-refractivity contribution is -0.402. The average Bonchev–Trinajstić information content (AvgIpc) is 2.96. The highest BCUT2D eigenvalue weighted by Crippen LogP contribution is 2.40. The van der Waals surface area contributed by atoms with Gasteiger partial charge in [-0.25, -0.2) is 4.79 Å². The van der Waals surface area contributed by atoms with Crippen LogP contribution in [-0.4, -0.2) is 23.2 Å². The van der Waals surface area contributed by atoms with E-state index in [1.807, 2.05) is 0 Å². The van der Waals surface area contributed by atoms with Gasteiger partial charge in [0.25, 0.3) is 0 Å². The average molecular weight is 317 g/mol. The second-order valence-electron chi connectivity index (χ2n) is 4.99. The highest BCUT2D eigenvalue weighted by Gasteiger charge is 2.40. The number of rotatable bonds is 4. The number of furan rings is 1. The SMILES string of the molecule is CCOC(=O)C1=C(C)N=C(C)C(C#N)C1c1ccc([N+](=O)[O-])o1. The number of carbonyl (C=O) groups excluding carboxylic acids is 1. The molecule has 8 heteroatoms. The summed E-state index contributed by atoms with van der Waals surface area (Å²) >= 11 is 0. The van der Waals surface area contributed by atoms with Crippen LogP contribution in [0.5, 0.6) is 0 Å². The number of nitro groups is 1. The Kier molecular flexibility index (Phi) is 4.60. The number of hydrogen-bond donors (Lipinski definition) is 0. The van der Waals surface area contributed by atoms with Crippen LogP contribution in [0.25, 0.3) is 0 Å². The van der Waals surface area contributed by atoms with Crippen molar-refractivity contribution in [3.05, 3.63) is 39.3 Å². The van der Waals surface area contributed by atoms with Crippen molar-refractivity contribution in [1.29, 1.82) is 5.26 Å². The van der Waals surface area contributed by atoms with Gasteiger partial charge in [-0.1, -0.05) is 0 Å². The maximum absolute atomic E-state index is 12.3. The molecule has 0 radical (unpaired) electrons. The van der Waals surface area contributed by atoms with Crippen LogP contribution in [0.3, 0.4) is 0 Å². The minimum absolute atomic E-state index is 0.167. The van der Waals surface area contributed by atoms with Crippen LogP contribution in [0, 0.1) is 27.4 Å². The summed E-state index contributed by atoms with van der Waals surface area (Å²) < 4.78 is 10.3. The van der Waals surface area contributed by atoms with Crippen molar-refractivity contribution >= 4 is 17.6 Å². The molecule has 0 aliphatic carbocycles. The van der Waals surface area contributed by atoms with E-state index in [2.05, 4.69) is 11.1 Å². The molecule has 1 aliphatic rings. The molecule has 1 aromatic rings. The summed E-state index contributed by atoms with van der Waals surface area (Å²) in [6.07, 6.45) is 0. The van der Waals surface area contributed by atoms with Gasteiger partial charge >= 0.3 is 11.9 Å². The van der Waals surface area contributed by atoms with Gasteiger partial charge in [-0.2, -0.15) is 5.26 Å². The first-order valence-electron chi connectivity index (χ1n) is 6.97. The largest absolute Gasteiger partial charge is 0.463 e. The van der Waals surface area contributed by atoms with E-state index >= 15 is 0 Å². The van der Waals surface area contributed by atoms with E-state index in [9.17, 15) is 20.2 Å². The molecule has 1 aromatic heterocycles. The molecular weight excluding hydrogens is 302 g/mol. The maximum atomic E-state index is 12.3. The molecule has 8 nitrogen and oxygen atoms in total. The Morgan fingerprint density at radius 3 is 2.74 bits per heavy atom. The van der Waals surface area contributed by atoms with Gasteiger partial charge in [0.05, 0.1) is 36.2 Å². The summed E-state index contributed by atoms with van der Waals surface area (Å²) in [5.41, 5.74) is 1.12. The predicted octanol–water partition coefficient (Wildman–Crippen LogP) is 2.72. The normalized spacial score (nSPS) is 20.7. The predicted molar refractivity (Wildman–Crippen MR) is 79.6 cm³/mol. The molecule has 0 amide bonds. The van der Waals surface area contributed by atoms with Gasteiger partial charge in [0.2, 0.25) is 0 Å². The fraction of sp³-hybridized carbons (Fsp3) is 0.400. The van der Waals surface area contributed by atoms with Crippen LogP contribution in [0.1, 0.15) is 32.4 Å². The Morgan fingerprint density at radius 2 is 2.22 bits per heavy atom. The topological polar surface area (TPSA) is 119 Å². The van der Waals surface area contributed by atoms with E-state index in [0.29, 0.717) is 11.4 Å². The monoisotopic (exact) mass is 317 g/mol. The van der Waals surface area contributed by atoms with E-state index in [-0.39, 0.29) is 17.9 Å². The third kappa shape index (κ3) is 2.99. The van der Waals surface area contributed by atoms with E-state index in [4.69, 9.17) is 9.15 Å². The van der Waals surface area contributed by atoms with Crippen LogP contribution in [-0.2, 0) is 9.53 Å². The third-order valence-electron chi connectivity index (χ3n) is 3.56. The number of aliphatic imine (C=N–C) groups is 1. The molecule has 2 unspecified atom stereocenters. The molecule has 23 heavy (non-hydrogen) atoms. The van der Waals surface area contributed by atoms with Gasteiger partial charge in [-0.3, -0.25) is 15.1 Å². The quantitative estimate of drug-likeness (QED) is 0.478. The summed E-state index contributed by atoms with van der Waals surface area (Å²) in [6, 6.07) is 4.68. The first-order chi connectivity index (χ1) is 10.9. The van der Waals surface area contributed by atoms with Gasteiger partial charge in [-0.05, 0) is 26.8 Å².